The van der Waals surface area contributed by atoms with Gasteiger partial charge in [-0.3, -0.25) is 4.79 Å². The summed E-state index contributed by atoms with van der Waals surface area (Å²) in [7, 11) is 1.66. The van der Waals surface area contributed by atoms with Crippen molar-refractivity contribution in [3.8, 4) is 0 Å². The number of hydrogen-bond donors (Lipinski definition) is 1. The maximum atomic E-state index is 12.6. The third-order valence-electron chi connectivity index (χ3n) is 4.03. The number of aliphatic imine (C=N–C) groups is 1. The Balaban J connectivity index is 1.80. The Morgan fingerprint density at radius 2 is 1.39 bits per heavy atom. The molecule has 1 amide bonds. The minimum atomic E-state index is -0.418. The number of carbonyl (C=O) groups excluding carboxylic acids is 1. The van der Waals surface area contributed by atoms with E-state index in [1.807, 2.05) is 30.3 Å². The van der Waals surface area contributed by atoms with E-state index in [0.29, 0.717) is 15.6 Å². The van der Waals surface area contributed by atoms with Gasteiger partial charge >= 0.3 is 0 Å². The van der Waals surface area contributed by atoms with Crippen molar-refractivity contribution in [1.29, 1.82) is 0 Å². The molecule has 0 saturated heterocycles. The molecule has 0 aromatic heterocycles. The van der Waals surface area contributed by atoms with Crippen molar-refractivity contribution in [2.75, 3.05) is 7.05 Å². The van der Waals surface area contributed by atoms with Crippen LogP contribution in [0.15, 0.2) is 94.1 Å². The largest absolute Gasteiger partial charge is 0.280 e. The maximum Gasteiger partial charge on any atom is 0.280 e. The lowest BCUT2D eigenvalue weighted by Crippen LogP contribution is -2.33. The summed E-state index contributed by atoms with van der Waals surface area (Å²) in [6.07, 6.45) is 3.22. The number of benzene rings is 3. The molecule has 3 rings (SSSR count). The molecule has 3 aromatic rings. The Kier molecular flexibility index (Phi) is 7.92. The highest BCUT2D eigenvalue weighted by Crippen LogP contribution is 2.09. The SMILES string of the molecule is CN(N=Cc1ccc(Cl)cc1)C(=NC(=O)c1ccccc1)NN=Cc1ccc(Cl)cc1. The fraction of sp³-hybridized carbons (Fsp3) is 0.0435. The first-order chi connectivity index (χ1) is 15.0. The van der Waals surface area contributed by atoms with Gasteiger partial charge in [0.2, 0.25) is 5.96 Å². The summed E-state index contributed by atoms with van der Waals surface area (Å²) < 4.78 is 0. The van der Waals surface area contributed by atoms with Crippen LogP contribution in [0, 0.1) is 0 Å². The Morgan fingerprint density at radius 3 is 1.97 bits per heavy atom. The van der Waals surface area contributed by atoms with Crippen LogP contribution in [-0.2, 0) is 0 Å². The van der Waals surface area contributed by atoms with E-state index >= 15 is 0 Å². The Labute approximate surface area is 190 Å². The number of carbonyl (C=O) groups is 1. The van der Waals surface area contributed by atoms with E-state index in [1.165, 1.54) is 5.01 Å². The zero-order valence-electron chi connectivity index (χ0n) is 16.6. The molecule has 0 spiro atoms. The molecule has 0 aliphatic heterocycles. The highest BCUT2D eigenvalue weighted by Gasteiger charge is 2.10. The molecule has 0 bridgehead atoms. The molecule has 8 heteroatoms. The number of nitrogens with zero attached hydrogens (tertiary/aromatic N) is 4. The van der Waals surface area contributed by atoms with Crippen LogP contribution in [0.25, 0.3) is 0 Å². The lowest BCUT2D eigenvalue weighted by molar-refractivity contribution is 0.100. The first-order valence-corrected chi connectivity index (χ1v) is 10.0. The van der Waals surface area contributed by atoms with Gasteiger partial charge in [0.15, 0.2) is 0 Å². The number of hydrogen-bond acceptors (Lipinski definition) is 3. The summed E-state index contributed by atoms with van der Waals surface area (Å²) in [6.45, 7) is 0. The van der Waals surface area contributed by atoms with Crippen molar-refractivity contribution >= 4 is 47.5 Å². The molecule has 31 heavy (non-hydrogen) atoms. The zero-order chi connectivity index (χ0) is 22.1. The second-order valence-electron chi connectivity index (χ2n) is 6.35. The summed E-state index contributed by atoms with van der Waals surface area (Å²) in [6, 6.07) is 23.1. The van der Waals surface area contributed by atoms with Crippen LogP contribution in [0.5, 0.6) is 0 Å². The Bertz CT molecular complexity index is 1100. The summed E-state index contributed by atoms with van der Waals surface area (Å²) >= 11 is 11.8. The quantitative estimate of drug-likeness (QED) is 0.334. The van der Waals surface area contributed by atoms with Crippen LogP contribution >= 0.6 is 23.2 Å². The van der Waals surface area contributed by atoms with E-state index in [1.54, 1.807) is 68.0 Å². The van der Waals surface area contributed by atoms with Gasteiger partial charge in [0.05, 0.1) is 12.4 Å². The smallest absolute Gasteiger partial charge is 0.267 e. The lowest BCUT2D eigenvalue weighted by Gasteiger charge is -2.14. The van der Waals surface area contributed by atoms with E-state index < -0.39 is 5.91 Å². The lowest BCUT2D eigenvalue weighted by atomic mass is 10.2. The molecule has 0 atom stereocenters. The van der Waals surface area contributed by atoms with Crippen LogP contribution in [0.1, 0.15) is 21.5 Å². The number of nitrogens with one attached hydrogen (secondary N) is 1. The fourth-order valence-corrected chi connectivity index (χ4v) is 2.63. The van der Waals surface area contributed by atoms with E-state index in [4.69, 9.17) is 23.2 Å². The molecular weight excluding hydrogens is 433 g/mol. The molecule has 0 fully saturated rings. The third kappa shape index (κ3) is 7.06. The number of amides is 1. The second kappa shape index (κ2) is 11.1. The van der Waals surface area contributed by atoms with Gasteiger partial charge in [-0.15, -0.1) is 0 Å². The van der Waals surface area contributed by atoms with Crippen molar-refractivity contribution in [3.63, 3.8) is 0 Å². The van der Waals surface area contributed by atoms with Crippen LogP contribution < -0.4 is 5.43 Å². The molecule has 0 heterocycles. The predicted molar refractivity (Wildman–Crippen MR) is 127 cm³/mol. The summed E-state index contributed by atoms with van der Waals surface area (Å²) in [5.74, 6) is -0.261. The standard InChI is InChI=1S/C23H19Cl2N5O/c1-30(27-16-18-9-13-21(25)14-10-18)23(28-22(31)19-5-3-2-4-6-19)29-26-15-17-7-11-20(24)12-8-17/h2-16H,1H3,(H,28,29,31). The van der Waals surface area contributed by atoms with Crippen LogP contribution in [0.4, 0.5) is 0 Å². The van der Waals surface area contributed by atoms with Gasteiger partial charge in [-0.2, -0.15) is 15.2 Å². The van der Waals surface area contributed by atoms with Gasteiger partial charge in [-0.1, -0.05) is 65.7 Å². The molecule has 0 aliphatic carbocycles. The van der Waals surface area contributed by atoms with Gasteiger partial charge in [-0.25, -0.2) is 10.4 Å². The summed E-state index contributed by atoms with van der Waals surface area (Å²) in [5, 5.41) is 11.2. The predicted octanol–water partition coefficient (Wildman–Crippen LogP) is 5.08. The molecule has 0 saturated carbocycles. The second-order valence-corrected chi connectivity index (χ2v) is 7.22. The number of halogens is 2. The van der Waals surface area contributed by atoms with Crippen LogP contribution in [-0.4, -0.2) is 36.4 Å². The monoisotopic (exact) mass is 451 g/mol. The minimum Gasteiger partial charge on any atom is -0.267 e. The first kappa shape index (κ1) is 22.2. The van der Waals surface area contributed by atoms with Gasteiger partial charge in [0.1, 0.15) is 0 Å². The topological polar surface area (TPSA) is 69.4 Å². The fourth-order valence-electron chi connectivity index (χ4n) is 2.38. The van der Waals surface area contributed by atoms with Crippen molar-refractivity contribution < 1.29 is 4.79 Å². The first-order valence-electron chi connectivity index (χ1n) is 9.27. The van der Waals surface area contributed by atoms with E-state index in [2.05, 4.69) is 20.6 Å². The normalized spacial score (nSPS) is 11.8. The molecule has 156 valence electrons. The molecule has 1 N–H and O–H groups in total. The molecule has 0 unspecified atom stereocenters. The summed E-state index contributed by atoms with van der Waals surface area (Å²) in [4.78, 5) is 16.7. The van der Waals surface area contributed by atoms with Crippen molar-refractivity contribution in [2.24, 2.45) is 15.2 Å². The minimum absolute atomic E-state index is 0.157. The van der Waals surface area contributed by atoms with Gasteiger partial charge in [-0.05, 0) is 47.5 Å². The van der Waals surface area contributed by atoms with Crippen molar-refractivity contribution in [1.82, 2.24) is 10.4 Å². The third-order valence-corrected chi connectivity index (χ3v) is 4.54. The van der Waals surface area contributed by atoms with Gasteiger partial charge < -0.3 is 0 Å². The van der Waals surface area contributed by atoms with E-state index in [9.17, 15) is 4.79 Å². The van der Waals surface area contributed by atoms with Gasteiger partial charge in [0, 0.05) is 22.7 Å². The van der Waals surface area contributed by atoms with E-state index in [-0.39, 0.29) is 5.96 Å². The average Bonchev–Trinajstić information content (AvgIpc) is 2.79. The van der Waals surface area contributed by atoms with Gasteiger partial charge in [0.25, 0.3) is 5.91 Å². The van der Waals surface area contributed by atoms with Crippen LogP contribution in [0.2, 0.25) is 10.0 Å². The summed E-state index contributed by atoms with van der Waals surface area (Å²) in [5.41, 5.74) is 4.92. The molecular formula is C23H19Cl2N5O. The highest BCUT2D eigenvalue weighted by atomic mass is 35.5. The van der Waals surface area contributed by atoms with Crippen LogP contribution in [0.3, 0.4) is 0 Å². The Morgan fingerprint density at radius 1 is 0.839 bits per heavy atom. The van der Waals surface area contributed by atoms with Crippen molar-refractivity contribution in [2.45, 2.75) is 0 Å². The zero-order valence-corrected chi connectivity index (χ0v) is 18.1. The highest BCUT2D eigenvalue weighted by molar-refractivity contribution is 6.30. The molecule has 6 nitrogen and oxygen atoms in total. The number of hydrazone groups is 2. The van der Waals surface area contributed by atoms with Crippen molar-refractivity contribution in [3.05, 3.63) is 106 Å². The number of guanidine groups is 1. The van der Waals surface area contributed by atoms with E-state index in [0.717, 1.165) is 11.1 Å². The molecule has 3 aromatic carbocycles. The maximum absolute atomic E-state index is 12.6. The average molecular weight is 452 g/mol. The Hall–Kier alpha value is -3.48. The molecule has 0 aliphatic rings. The number of rotatable bonds is 5. The molecule has 0 radical (unpaired) electrons.